The Kier molecular flexibility index (Phi) is 7.47. The van der Waals surface area contributed by atoms with Gasteiger partial charge in [-0.1, -0.05) is 42.5 Å². The summed E-state index contributed by atoms with van der Waals surface area (Å²) >= 11 is 11.9. The molecule has 2 fully saturated rings. The summed E-state index contributed by atoms with van der Waals surface area (Å²) < 4.78 is 5.67. The summed E-state index contributed by atoms with van der Waals surface area (Å²) in [6.07, 6.45) is 6.56. The molecule has 1 heterocycles. The zero-order chi connectivity index (χ0) is 20.1. The van der Waals surface area contributed by atoms with Crippen LogP contribution in [0.4, 0.5) is 0 Å². The van der Waals surface area contributed by atoms with Crippen LogP contribution in [-0.2, 0) is 9.59 Å². The largest absolute Gasteiger partial charge is 0.481 e. The minimum atomic E-state index is -0.640. The fraction of sp³-hybridized carbons (Fsp3) is 0.619. The van der Waals surface area contributed by atoms with Crippen molar-refractivity contribution in [2.24, 2.45) is 5.92 Å². The van der Waals surface area contributed by atoms with E-state index in [-0.39, 0.29) is 17.9 Å². The number of halogens is 2. The zero-order valence-corrected chi connectivity index (χ0v) is 17.8. The van der Waals surface area contributed by atoms with E-state index in [1.54, 1.807) is 25.1 Å². The molecule has 0 spiro atoms. The number of hydrogen-bond donors (Lipinski definition) is 1. The number of amides is 2. The molecule has 1 aromatic carbocycles. The van der Waals surface area contributed by atoms with Crippen LogP contribution in [0.3, 0.4) is 0 Å². The Morgan fingerprint density at radius 3 is 2.39 bits per heavy atom. The topological polar surface area (TPSA) is 58.6 Å². The van der Waals surface area contributed by atoms with Crippen LogP contribution in [0.5, 0.6) is 5.75 Å². The summed E-state index contributed by atoms with van der Waals surface area (Å²) in [5.74, 6) is 0.855. The summed E-state index contributed by atoms with van der Waals surface area (Å²) in [4.78, 5) is 27.1. The van der Waals surface area contributed by atoms with Crippen LogP contribution < -0.4 is 10.1 Å². The van der Waals surface area contributed by atoms with Crippen molar-refractivity contribution in [1.82, 2.24) is 10.2 Å². The average molecular weight is 427 g/mol. The Bertz CT molecular complexity index is 699. The van der Waals surface area contributed by atoms with E-state index in [0.717, 1.165) is 25.7 Å². The number of carbonyl (C=O) groups excluding carboxylic acids is 2. The fourth-order valence-corrected chi connectivity index (χ4v) is 4.27. The van der Waals surface area contributed by atoms with E-state index in [4.69, 9.17) is 27.9 Å². The number of nitrogens with zero attached hydrogens (tertiary/aromatic N) is 1. The number of ether oxygens (including phenoxy) is 1. The second-order valence-electron chi connectivity index (χ2n) is 7.78. The quantitative estimate of drug-likeness (QED) is 0.756. The molecule has 1 saturated heterocycles. The van der Waals surface area contributed by atoms with Gasteiger partial charge in [-0.3, -0.25) is 9.59 Å². The first-order valence-corrected chi connectivity index (χ1v) is 10.9. The van der Waals surface area contributed by atoms with E-state index < -0.39 is 6.10 Å². The van der Waals surface area contributed by atoms with Crippen molar-refractivity contribution in [1.29, 1.82) is 0 Å². The van der Waals surface area contributed by atoms with Crippen LogP contribution >= 0.6 is 23.2 Å². The SMILES string of the molecule is CC(Oc1ccc(Cl)c(Cl)c1)C(=O)NC1CCN(C(=O)C2CCCCC2)CC1. The van der Waals surface area contributed by atoms with Crippen molar-refractivity contribution < 1.29 is 14.3 Å². The monoisotopic (exact) mass is 426 g/mol. The van der Waals surface area contributed by atoms with Gasteiger partial charge in [-0.05, 0) is 44.7 Å². The standard InChI is InChI=1S/C21H28Cl2N2O3/c1-14(28-17-7-8-18(22)19(23)13-17)20(26)24-16-9-11-25(12-10-16)21(27)15-5-3-2-4-6-15/h7-8,13-16H,2-6,9-12H2,1H3,(H,24,26). The first-order valence-electron chi connectivity index (χ1n) is 10.1. The second kappa shape index (κ2) is 9.84. The maximum absolute atomic E-state index is 12.6. The lowest BCUT2D eigenvalue weighted by molar-refractivity contribution is -0.137. The molecule has 1 aliphatic carbocycles. The lowest BCUT2D eigenvalue weighted by Crippen LogP contribution is -2.50. The number of hydrogen-bond acceptors (Lipinski definition) is 3. The maximum atomic E-state index is 12.6. The van der Waals surface area contributed by atoms with Crippen LogP contribution in [0.1, 0.15) is 51.9 Å². The maximum Gasteiger partial charge on any atom is 0.260 e. The Hall–Kier alpha value is -1.46. The highest BCUT2D eigenvalue weighted by atomic mass is 35.5. The number of benzene rings is 1. The van der Waals surface area contributed by atoms with E-state index in [9.17, 15) is 9.59 Å². The molecule has 28 heavy (non-hydrogen) atoms. The number of nitrogens with one attached hydrogen (secondary N) is 1. The molecule has 7 heteroatoms. The molecule has 1 saturated carbocycles. The molecule has 2 amide bonds. The molecule has 3 rings (SSSR count). The number of rotatable bonds is 5. The van der Waals surface area contributed by atoms with Gasteiger partial charge >= 0.3 is 0 Å². The molecule has 1 N–H and O–H groups in total. The third-order valence-corrected chi connectivity index (χ3v) is 6.42. The molecule has 1 aromatic rings. The third kappa shape index (κ3) is 5.54. The number of carbonyl (C=O) groups is 2. The molecular weight excluding hydrogens is 399 g/mol. The Labute approximate surface area is 176 Å². The van der Waals surface area contributed by atoms with Gasteiger partial charge in [0.15, 0.2) is 6.10 Å². The van der Waals surface area contributed by atoms with E-state index in [2.05, 4.69) is 5.32 Å². The van der Waals surface area contributed by atoms with Crippen LogP contribution in [0.2, 0.25) is 10.0 Å². The van der Waals surface area contributed by atoms with E-state index in [1.807, 2.05) is 4.90 Å². The van der Waals surface area contributed by atoms with Crippen LogP contribution in [-0.4, -0.2) is 41.9 Å². The highest BCUT2D eigenvalue weighted by Crippen LogP contribution is 2.28. The highest BCUT2D eigenvalue weighted by molar-refractivity contribution is 6.42. The molecule has 1 unspecified atom stereocenters. The van der Waals surface area contributed by atoms with Gasteiger partial charge in [0, 0.05) is 31.1 Å². The number of likely N-dealkylation sites (tertiary alicyclic amines) is 1. The van der Waals surface area contributed by atoms with Gasteiger partial charge < -0.3 is 15.0 Å². The van der Waals surface area contributed by atoms with Gasteiger partial charge in [-0.25, -0.2) is 0 Å². The summed E-state index contributed by atoms with van der Waals surface area (Å²) in [5.41, 5.74) is 0. The van der Waals surface area contributed by atoms with Crippen molar-refractivity contribution in [3.8, 4) is 5.75 Å². The molecule has 5 nitrogen and oxygen atoms in total. The van der Waals surface area contributed by atoms with Gasteiger partial charge in [0.25, 0.3) is 5.91 Å². The van der Waals surface area contributed by atoms with E-state index in [1.165, 1.54) is 19.3 Å². The zero-order valence-electron chi connectivity index (χ0n) is 16.3. The van der Waals surface area contributed by atoms with Gasteiger partial charge in [-0.15, -0.1) is 0 Å². The van der Waals surface area contributed by atoms with Gasteiger partial charge in [0.2, 0.25) is 5.91 Å². The van der Waals surface area contributed by atoms with Gasteiger partial charge in [0.05, 0.1) is 10.0 Å². The third-order valence-electron chi connectivity index (χ3n) is 5.68. The second-order valence-corrected chi connectivity index (χ2v) is 8.59. The molecule has 0 aromatic heterocycles. The lowest BCUT2D eigenvalue weighted by Gasteiger charge is -2.35. The normalized spacial score (nSPS) is 19.9. The Morgan fingerprint density at radius 1 is 1.07 bits per heavy atom. The van der Waals surface area contributed by atoms with E-state index in [0.29, 0.717) is 34.8 Å². The minimum absolute atomic E-state index is 0.0720. The predicted octanol–water partition coefficient (Wildman–Crippen LogP) is 4.45. The van der Waals surface area contributed by atoms with Crippen LogP contribution in [0, 0.1) is 5.92 Å². The molecule has 2 aliphatic rings. The number of piperidine rings is 1. The van der Waals surface area contributed by atoms with Crippen LogP contribution in [0.15, 0.2) is 18.2 Å². The molecule has 0 radical (unpaired) electrons. The van der Waals surface area contributed by atoms with E-state index >= 15 is 0 Å². The average Bonchev–Trinajstić information content (AvgIpc) is 2.71. The molecular formula is C21H28Cl2N2O3. The minimum Gasteiger partial charge on any atom is -0.481 e. The summed E-state index contributed by atoms with van der Waals surface area (Å²) in [5, 5.41) is 3.88. The van der Waals surface area contributed by atoms with Crippen molar-refractivity contribution in [2.45, 2.75) is 64.0 Å². The van der Waals surface area contributed by atoms with Crippen molar-refractivity contribution >= 4 is 35.0 Å². The molecule has 1 atom stereocenters. The molecule has 1 aliphatic heterocycles. The summed E-state index contributed by atoms with van der Waals surface area (Å²) in [6.45, 7) is 3.13. The van der Waals surface area contributed by atoms with Crippen molar-refractivity contribution in [3.63, 3.8) is 0 Å². The first kappa shape index (κ1) is 21.3. The highest BCUT2D eigenvalue weighted by Gasteiger charge is 2.30. The Morgan fingerprint density at radius 2 is 1.75 bits per heavy atom. The van der Waals surface area contributed by atoms with Crippen molar-refractivity contribution in [3.05, 3.63) is 28.2 Å². The smallest absolute Gasteiger partial charge is 0.260 e. The first-order chi connectivity index (χ1) is 13.4. The lowest BCUT2D eigenvalue weighted by atomic mass is 9.87. The summed E-state index contributed by atoms with van der Waals surface area (Å²) in [6, 6.07) is 5.00. The van der Waals surface area contributed by atoms with Gasteiger partial charge in [0.1, 0.15) is 5.75 Å². The molecule has 0 bridgehead atoms. The Balaban J connectivity index is 1.43. The summed E-state index contributed by atoms with van der Waals surface area (Å²) in [7, 11) is 0. The van der Waals surface area contributed by atoms with Crippen molar-refractivity contribution in [2.75, 3.05) is 13.1 Å². The van der Waals surface area contributed by atoms with Gasteiger partial charge in [-0.2, -0.15) is 0 Å². The van der Waals surface area contributed by atoms with Crippen LogP contribution in [0.25, 0.3) is 0 Å². The predicted molar refractivity (Wildman–Crippen MR) is 111 cm³/mol. The fourth-order valence-electron chi connectivity index (χ4n) is 3.98. The molecule has 154 valence electrons.